The van der Waals surface area contributed by atoms with Gasteiger partial charge in [-0.3, -0.25) is 9.97 Å². The predicted octanol–water partition coefficient (Wildman–Crippen LogP) is 1.98. The van der Waals surface area contributed by atoms with Crippen molar-refractivity contribution in [2.45, 2.75) is 13.5 Å². The van der Waals surface area contributed by atoms with Crippen LogP contribution < -0.4 is 11.1 Å². The summed E-state index contributed by atoms with van der Waals surface area (Å²) < 4.78 is 0. The van der Waals surface area contributed by atoms with E-state index >= 15 is 0 Å². The van der Waals surface area contributed by atoms with Crippen molar-refractivity contribution < 1.29 is 0 Å². The van der Waals surface area contributed by atoms with E-state index in [1.54, 1.807) is 18.6 Å². The first-order chi connectivity index (χ1) is 7.75. The molecule has 0 fully saturated rings. The van der Waals surface area contributed by atoms with Crippen molar-refractivity contribution in [3.8, 4) is 0 Å². The van der Waals surface area contributed by atoms with Gasteiger partial charge in [-0.25, -0.2) is 0 Å². The number of nitrogens with zero attached hydrogens (tertiary/aromatic N) is 2. The monoisotopic (exact) mass is 214 g/mol. The maximum absolute atomic E-state index is 5.64. The first-order valence-corrected chi connectivity index (χ1v) is 5.10. The van der Waals surface area contributed by atoms with Crippen LogP contribution in [0.25, 0.3) is 0 Å². The zero-order chi connectivity index (χ0) is 11.4. The lowest BCUT2D eigenvalue weighted by atomic mass is 10.2. The zero-order valence-corrected chi connectivity index (χ0v) is 9.14. The smallest absolute Gasteiger partial charge is 0.0623 e. The van der Waals surface area contributed by atoms with Crippen LogP contribution in [0.3, 0.4) is 0 Å². The summed E-state index contributed by atoms with van der Waals surface area (Å²) in [5, 5.41) is 3.24. The van der Waals surface area contributed by atoms with Gasteiger partial charge >= 0.3 is 0 Å². The Bertz CT molecular complexity index is 482. The van der Waals surface area contributed by atoms with Crippen LogP contribution in [0, 0.1) is 6.92 Å². The van der Waals surface area contributed by atoms with Crippen molar-refractivity contribution in [1.29, 1.82) is 0 Å². The van der Waals surface area contributed by atoms with Gasteiger partial charge in [0.2, 0.25) is 0 Å². The van der Waals surface area contributed by atoms with Gasteiger partial charge in [0, 0.05) is 12.4 Å². The fraction of sp³-hybridized carbons (Fsp3) is 0.167. The van der Waals surface area contributed by atoms with Gasteiger partial charge in [-0.05, 0) is 24.6 Å². The highest BCUT2D eigenvalue weighted by Crippen LogP contribution is 2.11. The average molecular weight is 214 g/mol. The largest absolute Gasteiger partial charge is 0.397 e. The molecule has 2 aromatic heterocycles. The van der Waals surface area contributed by atoms with Gasteiger partial charge in [0.1, 0.15) is 0 Å². The molecule has 0 bridgehead atoms. The Kier molecular flexibility index (Phi) is 3.00. The van der Waals surface area contributed by atoms with E-state index in [-0.39, 0.29) is 0 Å². The molecule has 0 unspecified atom stereocenters. The van der Waals surface area contributed by atoms with Crippen molar-refractivity contribution in [3.05, 3.63) is 48.0 Å². The molecular formula is C12H14N4. The lowest BCUT2D eigenvalue weighted by Crippen LogP contribution is -2.04. The minimum absolute atomic E-state index is 0.655. The van der Waals surface area contributed by atoms with Crippen molar-refractivity contribution in [1.82, 2.24) is 9.97 Å². The molecule has 2 heterocycles. The van der Waals surface area contributed by atoms with Gasteiger partial charge in [-0.2, -0.15) is 0 Å². The molecule has 82 valence electrons. The zero-order valence-electron chi connectivity index (χ0n) is 9.14. The maximum Gasteiger partial charge on any atom is 0.0623 e. The summed E-state index contributed by atoms with van der Waals surface area (Å²) in [5.41, 5.74) is 9.41. The third-order valence-corrected chi connectivity index (χ3v) is 2.34. The summed E-state index contributed by atoms with van der Waals surface area (Å²) in [6.45, 7) is 2.72. The Balaban J connectivity index is 2.05. The molecule has 0 aliphatic rings. The molecule has 4 heteroatoms. The van der Waals surface area contributed by atoms with Crippen LogP contribution in [-0.4, -0.2) is 9.97 Å². The second-order valence-corrected chi connectivity index (χ2v) is 3.63. The highest BCUT2D eigenvalue weighted by atomic mass is 14.9. The average Bonchev–Trinajstić information content (AvgIpc) is 2.28. The first-order valence-electron chi connectivity index (χ1n) is 5.10. The molecule has 2 aromatic rings. The fourth-order valence-electron chi connectivity index (χ4n) is 1.44. The Labute approximate surface area is 94.5 Å². The van der Waals surface area contributed by atoms with Crippen LogP contribution in [0.4, 0.5) is 11.4 Å². The number of nitrogens with one attached hydrogen (secondary N) is 1. The number of nitrogen functional groups attached to an aromatic ring is 1. The quantitative estimate of drug-likeness (QED) is 0.820. The Morgan fingerprint density at radius 2 is 2.25 bits per heavy atom. The van der Waals surface area contributed by atoms with Crippen molar-refractivity contribution in [2.75, 3.05) is 11.1 Å². The van der Waals surface area contributed by atoms with Crippen LogP contribution in [-0.2, 0) is 6.54 Å². The third kappa shape index (κ3) is 2.48. The second-order valence-electron chi connectivity index (χ2n) is 3.63. The van der Waals surface area contributed by atoms with E-state index < -0.39 is 0 Å². The number of aryl methyl sites for hydroxylation is 1. The van der Waals surface area contributed by atoms with Gasteiger partial charge in [-0.15, -0.1) is 0 Å². The molecule has 0 aliphatic carbocycles. The van der Waals surface area contributed by atoms with Gasteiger partial charge in [-0.1, -0.05) is 6.07 Å². The lowest BCUT2D eigenvalue weighted by molar-refractivity contribution is 1.02. The molecule has 0 saturated carbocycles. The highest BCUT2D eigenvalue weighted by molar-refractivity contribution is 5.51. The van der Waals surface area contributed by atoms with E-state index in [9.17, 15) is 0 Å². The minimum Gasteiger partial charge on any atom is -0.397 e. The summed E-state index contributed by atoms with van der Waals surface area (Å²) in [5.74, 6) is 0. The lowest BCUT2D eigenvalue weighted by Gasteiger charge is -2.07. The Morgan fingerprint density at radius 3 is 3.00 bits per heavy atom. The summed E-state index contributed by atoms with van der Waals surface area (Å²) in [6.07, 6.45) is 5.16. The van der Waals surface area contributed by atoms with Crippen molar-refractivity contribution in [3.63, 3.8) is 0 Å². The van der Waals surface area contributed by atoms with Crippen LogP contribution in [0.15, 0.2) is 36.8 Å². The van der Waals surface area contributed by atoms with E-state index in [0.29, 0.717) is 12.2 Å². The molecule has 0 aromatic carbocycles. The molecule has 3 N–H and O–H groups in total. The van der Waals surface area contributed by atoms with Crippen LogP contribution >= 0.6 is 0 Å². The SMILES string of the molecule is Cc1cccnc1CNc1cncc(N)c1. The number of anilines is 2. The van der Waals surface area contributed by atoms with Crippen molar-refractivity contribution in [2.24, 2.45) is 0 Å². The van der Waals surface area contributed by atoms with Crippen LogP contribution in [0.1, 0.15) is 11.3 Å². The second kappa shape index (κ2) is 4.61. The molecule has 0 radical (unpaired) electrons. The molecule has 0 spiro atoms. The molecule has 0 aliphatic heterocycles. The van der Waals surface area contributed by atoms with E-state index in [0.717, 1.165) is 11.4 Å². The molecule has 16 heavy (non-hydrogen) atoms. The Hall–Kier alpha value is -2.10. The molecule has 0 saturated heterocycles. The number of rotatable bonds is 3. The van der Waals surface area contributed by atoms with Gasteiger partial charge in [0.25, 0.3) is 0 Å². The molecular weight excluding hydrogens is 200 g/mol. The maximum atomic E-state index is 5.64. The summed E-state index contributed by atoms with van der Waals surface area (Å²) >= 11 is 0. The van der Waals surface area contributed by atoms with E-state index in [4.69, 9.17) is 5.73 Å². The fourth-order valence-corrected chi connectivity index (χ4v) is 1.44. The van der Waals surface area contributed by atoms with Gasteiger partial charge < -0.3 is 11.1 Å². The van der Waals surface area contributed by atoms with E-state index in [1.165, 1.54) is 5.56 Å². The summed E-state index contributed by atoms with van der Waals surface area (Å²) in [6, 6.07) is 5.83. The third-order valence-electron chi connectivity index (χ3n) is 2.34. The van der Waals surface area contributed by atoms with Crippen molar-refractivity contribution >= 4 is 11.4 Å². The van der Waals surface area contributed by atoms with Crippen LogP contribution in [0.2, 0.25) is 0 Å². The topological polar surface area (TPSA) is 63.8 Å². The standard InChI is InChI=1S/C12H14N4/c1-9-3-2-4-15-12(9)8-16-11-5-10(13)6-14-7-11/h2-7,16H,8,13H2,1H3. The number of hydrogen-bond donors (Lipinski definition) is 2. The number of pyridine rings is 2. The number of hydrogen-bond acceptors (Lipinski definition) is 4. The van der Waals surface area contributed by atoms with Crippen LogP contribution in [0.5, 0.6) is 0 Å². The Morgan fingerprint density at radius 1 is 1.38 bits per heavy atom. The molecule has 2 rings (SSSR count). The van der Waals surface area contributed by atoms with E-state index in [2.05, 4.69) is 15.3 Å². The normalized spacial score (nSPS) is 10.1. The minimum atomic E-state index is 0.655. The summed E-state index contributed by atoms with van der Waals surface area (Å²) in [4.78, 5) is 8.31. The molecule has 4 nitrogen and oxygen atoms in total. The number of nitrogens with two attached hydrogens (primary N) is 1. The van der Waals surface area contributed by atoms with Gasteiger partial charge in [0.15, 0.2) is 0 Å². The summed E-state index contributed by atoms with van der Waals surface area (Å²) in [7, 11) is 0. The van der Waals surface area contributed by atoms with E-state index in [1.807, 2.05) is 25.1 Å². The first kappa shape index (κ1) is 10.4. The van der Waals surface area contributed by atoms with Gasteiger partial charge in [0.05, 0.1) is 29.8 Å². The molecule has 0 amide bonds. The highest BCUT2D eigenvalue weighted by Gasteiger charge is 1.99. The molecule has 0 atom stereocenters. The number of aromatic nitrogens is 2. The predicted molar refractivity (Wildman–Crippen MR) is 65.0 cm³/mol.